The van der Waals surface area contributed by atoms with E-state index in [0.717, 1.165) is 44.7 Å². The van der Waals surface area contributed by atoms with E-state index < -0.39 is 5.60 Å². The van der Waals surface area contributed by atoms with E-state index in [1.807, 2.05) is 0 Å². The minimum absolute atomic E-state index is 0. The summed E-state index contributed by atoms with van der Waals surface area (Å²) in [4.78, 5) is 4.48. The lowest BCUT2D eigenvalue weighted by Gasteiger charge is -2.20. The zero-order valence-electron chi connectivity index (χ0n) is 11.8. The molecule has 1 aliphatic carbocycles. The molecule has 3 N–H and O–H groups in total. The molecule has 0 aromatic heterocycles. The molecule has 0 radical (unpaired) electrons. The fourth-order valence-corrected chi connectivity index (χ4v) is 2.06. The summed E-state index contributed by atoms with van der Waals surface area (Å²) in [5.74, 6) is 1.41. The zero-order chi connectivity index (χ0) is 12.7. The number of nitrogens with one attached hydrogen (secondary N) is 2. The molecule has 1 fully saturated rings. The van der Waals surface area contributed by atoms with E-state index in [1.54, 1.807) is 0 Å². The zero-order valence-corrected chi connectivity index (χ0v) is 14.2. The van der Waals surface area contributed by atoms with E-state index in [9.17, 15) is 5.11 Å². The Hall–Kier alpha value is -0.0400. The van der Waals surface area contributed by atoms with Crippen molar-refractivity contribution < 1.29 is 5.11 Å². The van der Waals surface area contributed by atoms with Gasteiger partial charge in [-0.15, -0.1) is 24.0 Å². The van der Waals surface area contributed by atoms with Gasteiger partial charge in [-0.25, -0.2) is 0 Å². The third kappa shape index (κ3) is 6.78. The molecule has 5 heteroatoms. The lowest BCUT2D eigenvalue weighted by Crippen LogP contribution is -2.40. The van der Waals surface area contributed by atoms with E-state index in [1.165, 1.54) is 0 Å². The molecule has 0 aromatic carbocycles. The summed E-state index contributed by atoms with van der Waals surface area (Å²) in [5.41, 5.74) is -0.555. The number of aliphatic hydroxyl groups is 1. The summed E-state index contributed by atoms with van der Waals surface area (Å²) in [7, 11) is 0. The smallest absolute Gasteiger partial charge is 0.191 e. The Bertz CT molecular complexity index is 251. The van der Waals surface area contributed by atoms with Gasteiger partial charge in [0.25, 0.3) is 0 Å². The number of guanidine groups is 1. The first-order valence-electron chi connectivity index (χ1n) is 6.80. The van der Waals surface area contributed by atoms with Crippen LogP contribution in [0.1, 0.15) is 46.5 Å². The van der Waals surface area contributed by atoms with Gasteiger partial charge in [-0.1, -0.05) is 26.7 Å². The molecule has 0 unspecified atom stereocenters. The van der Waals surface area contributed by atoms with Crippen molar-refractivity contribution in [3.05, 3.63) is 0 Å². The first-order chi connectivity index (χ1) is 8.06. The Morgan fingerprint density at radius 3 is 2.39 bits per heavy atom. The largest absolute Gasteiger partial charge is 0.388 e. The van der Waals surface area contributed by atoms with Gasteiger partial charge in [0.05, 0.1) is 12.1 Å². The van der Waals surface area contributed by atoms with E-state index >= 15 is 0 Å². The predicted molar refractivity (Wildman–Crippen MR) is 87.7 cm³/mol. The molecule has 1 aliphatic rings. The normalized spacial score (nSPS) is 18.6. The van der Waals surface area contributed by atoms with Crippen LogP contribution in [0.4, 0.5) is 0 Å². The van der Waals surface area contributed by atoms with Gasteiger partial charge in [-0.3, -0.25) is 4.99 Å². The quantitative estimate of drug-likeness (QED) is 0.395. The third-order valence-corrected chi connectivity index (χ3v) is 3.09. The standard InChI is InChI=1S/C13H27N3O.HI/c1-4-14-12(15-9-11(2)3)16-10-13(17)7-5-6-8-13;/h11,17H,4-10H2,1-3H3,(H2,14,15,16);1H. The van der Waals surface area contributed by atoms with Crippen molar-refractivity contribution in [2.45, 2.75) is 52.1 Å². The minimum atomic E-state index is -0.555. The maximum absolute atomic E-state index is 10.2. The highest BCUT2D eigenvalue weighted by Crippen LogP contribution is 2.29. The van der Waals surface area contributed by atoms with Crippen LogP contribution in [0.5, 0.6) is 0 Å². The van der Waals surface area contributed by atoms with Crippen molar-refractivity contribution >= 4 is 29.9 Å². The number of hydrogen-bond donors (Lipinski definition) is 3. The minimum Gasteiger partial charge on any atom is -0.388 e. The van der Waals surface area contributed by atoms with Crippen molar-refractivity contribution in [3.8, 4) is 0 Å². The first kappa shape index (κ1) is 18.0. The monoisotopic (exact) mass is 369 g/mol. The topological polar surface area (TPSA) is 56.7 Å². The van der Waals surface area contributed by atoms with Gasteiger partial charge in [0.15, 0.2) is 5.96 Å². The molecular weight excluding hydrogens is 341 g/mol. The fraction of sp³-hybridized carbons (Fsp3) is 0.923. The maximum Gasteiger partial charge on any atom is 0.191 e. The van der Waals surface area contributed by atoms with Gasteiger partial charge in [0.1, 0.15) is 0 Å². The Kier molecular flexibility index (Phi) is 8.94. The molecule has 108 valence electrons. The molecule has 0 amide bonds. The van der Waals surface area contributed by atoms with Crippen molar-refractivity contribution in [1.29, 1.82) is 0 Å². The lowest BCUT2D eigenvalue weighted by molar-refractivity contribution is 0.0574. The van der Waals surface area contributed by atoms with Crippen LogP contribution in [0, 0.1) is 5.92 Å². The van der Waals surface area contributed by atoms with Crippen LogP contribution >= 0.6 is 24.0 Å². The van der Waals surface area contributed by atoms with Crippen LogP contribution in [0.15, 0.2) is 4.99 Å². The Morgan fingerprint density at radius 1 is 1.28 bits per heavy atom. The highest BCUT2D eigenvalue weighted by Gasteiger charge is 2.30. The SMILES string of the molecule is CCNC(=NCC1(O)CCCC1)NCC(C)C.I. The van der Waals surface area contributed by atoms with Gasteiger partial charge in [-0.2, -0.15) is 0 Å². The van der Waals surface area contributed by atoms with Crippen LogP contribution in [-0.2, 0) is 0 Å². The third-order valence-electron chi connectivity index (χ3n) is 3.09. The number of halogens is 1. The molecule has 1 saturated carbocycles. The van der Waals surface area contributed by atoms with E-state index in [4.69, 9.17) is 0 Å². The number of aliphatic imine (C=N–C) groups is 1. The number of hydrogen-bond acceptors (Lipinski definition) is 2. The summed E-state index contributed by atoms with van der Waals surface area (Å²) < 4.78 is 0. The van der Waals surface area contributed by atoms with Crippen LogP contribution in [0.25, 0.3) is 0 Å². The van der Waals surface area contributed by atoms with Gasteiger partial charge < -0.3 is 15.7 Å². The van der Waals surface area contributed by atoms with E-state index in [2.05, 4.69) is 36.4 Å². The highest BCUT2D eigenvalue weighted by molar-refractivity contribution is 14.0. The molecule has 0 heterocycles. The summed E-state index contributed by atoms with van der Waals surface area (Å²) in [6, 6.07) is 0. The van der Waals surface area contributed by atoms with Crippen LogP contribution in [0.2, 0.25) is 0 Å². The molecule has 0 spiro atoms. The number of rotatable bonds is 5. The molecule has 0 atom stereocenters. The summed E-state index contributed by atoms with van der Waals surface area (Å²) in [6.07, 6.45) is 4.03. The molecule has 0 aliphatic heterocycles. The Morgan fingerprint density at radius 2 is 1.89 bits per heavy atom. The average Bonchev–Trinajstić information content (AvgIpc) is 2.70. The molecule has 0 saturated heterocycles. The highest BCUT2D eigenvalue weighted by atomic mass is 127. The second kappa shape index (κ2) is 8.96. The Labute approximate surface area is 128 Å². The number of nitrogens with zero attached hydrogens (tertiary/aromatic N) is 1. The van der Waals surface area contributed by atoms with Gasteiger partial charge in [0.2, 0.25) is 0 Å². The summed E-state index contributed by atoms with van der Waals surface area (Å²) >= 11 is 0. The summed E-state index contributed by atoms with van der Waals surface area (Å²) in [6.45, 7) is 8.66. The maximum atomic E-state index is 10.2. The van der Waals surface area contributed by atoms with Crippen LogP contribution < -0.4 is 10.6 Å². The van der Waals surface area contributed by atoms with Crippen molar-refractivity contribution in [2.75, 3.05) is 19.6 Å². The Balaban J connectivity index is 0.00000289. The van der Waals surface area contributed by atoms with Crippen molar-refractivity contribution in [2.24, 2.45) is 10.9 Å². The van der Waals surface area contributed by atoms with Crippen LogP contribution in [0.3, 0.4) is 0 Å². The molecule has 0 aromatic rings. The summed E-state index contributed by atoms with van der Waals surface area (Å²) in [5, 5.41) is 16.7. The molecule has 4 nitrogen and oxygen atoms in total. The van der Waals surface area contributed by atoms with Gasteiger partial charge in [-0.05, 0) is 25.7 Å². The van der Waals surface area contributed by atoms with Gasteiger partial charge in [0, 0.05) is 13.1 Å². The average molecular weight is 369 g/mol. The molecule has 0 bridgehead atoms. The molecule has 18 heavy (non-hydrogen) atoms. The second-order valence-electron chi connectivity index (χ2n) is 5.40. The van der Waals surface area contributed by atoms with Crippen molar-refractivity contribution in [1.82, 2.24) is 10.6 Å². The molecule has 1 rings (SSSR count). The van der Waals surface area contributed by atoms with Gasteiger partial charge >= 0.3 is 0 Å². The van der Waals surface area contributed by atoms with E-state index in [-0.39, 0.29) is 24.0 Å². The molecular formula is C13H28IN3O. The first-order valence-corrected chi connectivity index (χ1v) is 6.80. The second-order valence-corrected chi connectivity index (χ2v) is 5.40. The van der Waals surface area contributed by atoms with Crippen molar-refractivity contribution in [3.63, 3.8) is 0 Å². The fourth-order valence-electron chi connectivity index (χ4n) is 2.06. The van der Waals surface area contributed by atoms with E-state index in [0.29, 0.717) is 12.5 Å². The lowest BCUT2D eigenvalue weighted by atomic mass is 10.0. The predicted octanol–water partition coefficient (Wildman–Crippen LogP) is 2.12. The van der Waals surface area contributed by atoms with Crippen LogP contribution in [-0.4, -0.2) is 36.3 Å².